The predicted octanol–water partition coefficient (Wildman–Crippen LogP) is 2.29. The van der Waals surface area contributed by atoms with E-state index in [4.69, 9.17) is 5.73 Å². The number of rotatable bonds is 2. The van der Waals surface area contributed by atoms with Crippen molar-refractivity contribution in [3.63, 3.8) is 0 Å². The summed E-state index contributed by atoms with van der Waals surface area (Å²) in [4.78, 5) is 13.9. The Hall–Kier alpha value is -0.870. The molecule has 0 bridgehead atoms. The van der Waals surface area contributed by atoms with E-state index >= 15 is 0 Å². The van der Waals surface area contributed by atoms with Crippen LogP contribution in [0.3, 0.4) is 0 Å². The lowest BCUT2D eigenvalue weighted by molar-refractivity contribution is -0.130. The summed E-state index contributed by atoms with van der Waals surface area (Å²) < 4.78 is 1.05. The molecule has 1 aliphatic heterocycles. The zero-order valence-corrected chi connectivity index (χ0v) is 12.2. The van der Waals surface area contributed by atoms with Crippen LogP contribution < -0.4 is 5.73 Å². The van der Waals surface area contributed by atoms with Crippen LogP contribution in [0, 0.1) is 0 Å². The van der Waals surface area contributed by atoms with Gasteiger partial charge >= 0.3 is 0 Å². The van der Waals surface area contributed by atoms with E-state index in [1.807, 2.05) is 30.1 Å². The standard InChI is InChI=1S/C14H19BrN2O/c1-17-8-4-7-14(10-16,9-13(17)18)11-5-2-3-6-12(11)15/h2-3,5-6H,4,7-10,16H2,1H3. The van der Waals surface area contributed by atoms with Crippen LogP contribution in [0.5, 0.6) is 0 Å². The predicted molar refractivity (Wildman–Crippen MR) is 76.4 cm³/mol. The minimum atomic E-state index is -0.220. The smallest absolute Gasteiger partial charge is 0.223 e. The summed E-state index contributed by atoms with van der Waals surface area (Å²) in [5, 5.41) is 0. The Morgan fingerprint density at radius 2 is 2.17 bits per heavy atom. The summed E-state index contributed by atoms with van der Waals surface area (Å²) in [7, 11) is 1.87. The van der Waals surface area contributed by atoms with Gasteiger partial charge in [0, 0.05) is 36.4 Å². The van der Waals surface area contributed by atoms with Crippen molar-refractivity contribution in [3.05, 3.63) is 34.3 Å². The first-order chi connectivity index (χ1) is 8.59. The fourth-order valence-electron chi connectivity index (χ4n) is 2.70. The number of likely N-dealkylation sites (tertiary alicyclic amines) is 1. The minimum Gasteiger partial charge on any atom is -0.346 e. The van der Waals surface area contributed by atoms with Crippen LogP contribution in [0.15, 0.2) is 28.7 Å². The number of hydrogen-bond donors (Lipinski definition) is 1. The Kier molecular flexibility index (Phi) is 4.07. The number of halogens is 1. The number of hydrogen-bond acceptors (Lipinski definition) is 2. The maximum atomic E-state index is 12.1. The van der Waals surface area contributed by atoms with E-state index in [0.717, 1.165) is 29.4 Å². The largest absolute Gasteiger partial charge is 0.346 e. The Labute approximate surface area is 116 Å². The second-order valence-corrected chi connectivity index (χ2v) is 5.91. The van der Waals surface area contributed by atoms with Gasteiger partial charge in [-0.15, -0.1) is 0 Å². The first kappa shape index (κ1) is 13.6. The van der Waals surface area contributed by atoms with E-state index in [2.05, 4.69) is 22.0 Å². The van der Waals surface area contributed by atoms with Gasteiger partial charge in [0.25, 0.3) is 0 Å². The maximum Gasteiger partial charge on any atom is 0.223 e. The van der Waals surface area contributed by atoms with Crippen LogP contribution in [0.2, 0.25) is 0 Å². The van der Waals surface area contributed by atoms with E-state index in [1.54, 1.807) is 0 Å². The molecule has 1 fully saturated rings. The lowest BCUT2D eigenvalue weighted by Crippen LogP contribution is -2.38. The molecule has 3 nitrogen and oxygen atoms in total. The van der Waals surface area contributed by atoms with Crippen molar-refractivity contribution in [2.24, 2.45) is 5.73 Å². The molecule has 0 saturated carbocycles. The second-order valence-electron chi connectivity index (χ2n) is 5.06. The van der Waals surface area contributed by atoms with Crippen molar-refractivity contribution >= 4 is 21.8 Å². The van der Waals surface area contributed by atoms with Crippen molar-refractivity contribution in [1.82, 2.24) is 4.90 Å². The van der Waals surface area contributed by atoms with Crippen LogP contribution in [0.25, 0.3) is 0 Å². The van der Waals surface area contributed by atoms with Gasteiger partial charge < -0.3 is 10.6 Å². The Morgan fingerprint density at radius 1 is 1.44 bits per heavy atom. The molecule has 2 rings (SSSR count). The van der Waals surface area contributed by atoms with E-state index in [-0.39, 0.29) is 11.3 Å². The molecule has 98 valence electrons. The molecule has 0 spiro atoms. The van der Waals surface area contributed by atoms with Crippen LogP contribution in [-0.4, -0.2) is 30.9 Å². The number of carbonyl (C=O) groups excluding carboxylic acids is 1. The van der Waals surface area contributed by atoms with Crippen molar-refractivity contribution in [2.45, 2.75) is 24.7 Å². The van der Waals surface area contributed by atoms with E-state index < -0.39 is 0 Å². The molecule has 2 N–H and O–H groups in total. The molecule has 1 unspecified atom stereocenters. The Morgan fingerprint density at radius 3 is 2.83 bits per heavy atom. The Bertz CT molecular complexity index is 449. The molecule has 1 aliphatic rings. The molecule has 1 aromatic carbocycles. The highest BCUT2D eigenvalue weighted by molar-refractivity contribution is 9.10. The normalized spacial score (nSPS) is 25.1. The zero-order valence-electron chi connectivity index (χ0n) is 10.7. The molecule has 4 heteroatoms. The first-order valence-electron chi connectivity index (χ1n) is 6.28. The topological polar surface area (TPSA) is 46.3 Å². The highest BCUT2D eigenvalue weighted by Crippen LogP contribution is 2.38. The molecule has 1 saturated heterocycles. The highest BCUT2D eigenvalue weighted by Gasteiger charge is 2.37. The first-order valence-corrected chi connectivity index (χ1v) is 7.07. The van der Waals surface area contributed by atoms with Crippen molar-refractivity contribution in [2.75, 3.05) is 20.1 Å². The third-order valence-corrected chi connectivity index (χ3v) is 4.59. The molecule has 0 aromatic heterocycles. The lowest BCUT2D eigenvalue weighted by Gasteiger charge is -2.32. The van der Waals surface area contributed by atoms with Crippen LogP contribution in [0.4, 0.5) is 0 Å². The van der Waals surface area contributed by atoms with Crippen LogP contribution in [-0.2, 0) is 10.2 Å². The fourth-order valence-corrected chi connectivity index (χ4v) is 3.40. The van der Waals surface area contributed by atoms with Crippen molar-refractivity contribution < 1.29 is 4.79 Å². The van der Waals surface area contributed by atoms with Crippen molar-refractivity contribution in [3.8, 4) is 0 Å². The quantitative estimate of drug-likeness (QED) is 0.911. The van der Waals surface area contributed by atoms with E-state index in [1.165, 1.54) is 0 Å². The Balaban J connectivity index is 2.41. The van der Waals surface area contributed by atoms with Crippen LogP contribution in [0.1, 0.15) is 24.8 Å². The van der Waals surface area contributed by atoms with E-state index in [0.29, 0.717) is 13.0 Å². The minimum absolute atomic E-state index is 0.189. The van der Waals surface area contributed by atoms with Gasteiger partial charge in [-0.3, -0.25) is 4.79 Å². The summed E-state index contributed by atoms with van der Waals surface area (Å²) in [5.74, 6) is 0.189. The van der Waals surface area contributed by atoms with Gasteiger partial charge in [0.05, 0.1) is 0 Å². The molecule has 1 amide bonds. The molecule has 1 atom stereocenters. The summed E-state index contributed by atoms with van der Waals surface area (Å²) in [6.07, 6.45) is 2.46. The van der Waals surface area contributed by atoms with Gasteiger partial charge in [0.1, 0.15) is 0 Å². The maximum absolute atomic E-state index is 12.1. The summed E-state index contributed by atoms with van der Waals surface area (Å²) in [5.41, 5.74) is 6.97. The number of carbonyl (C=O) groups is 1. The molecular formula is C14H19BrN2O. The average molecular weight is 311 g/mol. The molecule has 1 aromatic rings. The van der Waals surface area contributed by atoms with Gasteiger partial charge in [0.15, 0.2) is 0 Å². The number of amides is 1. The zero-order chi connectivity index (χ0) is 13.2. The highest BCUT2D eigenvalue weighted by atomic mass is 79.9. The molecule has 18 heavy (non-hydrogen) atoms. The van der Waals surface area contributed by atoms with Crippen molar-refractivity contribution in [1.29, 1.82) is 0 Å². The third-order valence-electron chi connectivity index (χ3n) is 3.90. The molecule has 0 aliphatic carbocycles. The number of nitrogens with two attached hydrogens (primary N) is 1. The lowest BCUT2D eigenvalue weighted by atomic mass is 9.74. The van der Waals surface area contributed by atoms with Gasteiger partial charge in [-0.1, -0.05) is 34.1 Å². The summed E-state index contributed by atoms with van der Waals surface area (Å²) in [6.45, 7) is 1.33. The van der Waals surface area contributed by atoms with Crippen LogP contribution >= 0.6 is 15.9 Å². The monoisotopic (exact) mass is 310 g/mol. The molecule has 1 heterocycles. The van der Waals surface area contributed by atoms with Gasteiger partial charge in [-0.25, -0.2) is 0 Å². The van der Waals surface area contributed by atoms with Gasteiger partial charge in [0.2, 0.25) is 5.91 Å². The summed E-state index contributed by atoms with van der Waals surface area (Å²) in [6, 6.07) is 8.10. The fraction of sp³-hybridized carbons (Fsp3) is 0.500. The van der Waals surface area contributed by atoms with Gasteiger partial charge in [-0.05, 0) is 24.5 Å². The molecule has 0 radical (unpaired) electrons. The van der Waals surface area contributed by atoms with E-state index in [9.17, 15) is 4.79 Å². The number of nitrogens with zero attached hydrogens (tertiary/aromatic N) is 1. The molecular weight excluding hydrogens is 292 g/mol. The SMILES string of the molecule is CN1CCCC(CN)(c2ccccc2Br)CC1=O. The second kappa shape index (κ2) is 5.41. The third kappa shape index (κ3) is 2.45. The van der Waals surface area contributed by atoms with Gasteiger partial charge in [-0.2, -0.15) is 0 Å². The number of benzene rings is 1. The average Bonchev–Trinajstić information content (AvgIpc) is 2.51. The summed E-state index contributed by atoms with van der Waals surface area (Å²) >= 11 is 3.59.